The van der Waals surface area contributed by atoms with Gasteiger partial charge in [0.15, 0.2) is 0 Å². The lowest BCUT2D eigenvalue weighted by molar-refractivity contribution is -0.0102. The number of carbonyl (C=O) groups excluding carboxylic acids is 1. The van der Waals surface area contributed by atoms with Crippen molar-refractivity contribution in [2.24, 2.45) is 5.92 Å². The maximum Gasteiger partial charge on any atom is 0.251 e. The zero-order valence-corrected chi connectivity index (χ0v) is 14.9. The van der Waals surface area contributed by atoms with Gasteiger partial charge in [0.2, 0.25) is 10.0 Å². The molecule has 2 atom stereocenters. The van der Waals surface area contributed by atoms with Gasteiger partial charge in [-0.25, -0.2) is 13.1 Å². The molecule has 0 spiro atoms. The van der Waals surface area contributed by atoms with Crippen molar-refractivity contribution >= 4 is 15.9 Å². The summed E-state index contributed by atoms with van der Waals surface area (Å²) in [5.74, 6) is 0.395. The third kappa shape index (κ3) is 4.68. The molecule has 0 aromatic heterocycles. The van der Waals surface area contributed by atoms with E-state index < -0.39 is 10.0 Å². The van der Waals surface area contributed by atoms with Crippen LogP contribution in [0.5, 0.6) is 0 Å². The molecule has 1 amide bonds. The van der Waals surface area contributed by atoms with E-state index in [0.717, 1.165) is 12.8 Å². The molecule has 136 valence electrons. The van der Waals surface area contributed by atoms with Crippen molar-refractivity contribution < 1.29 is 17.9 Å². The van der Waals surface area contributed by atoms with Gasteiger partial charge < -0.3 is 10.1 Å². The number of amides is 1. The van der Waals surface area contributed by atoms with E-state index in [9.17, 15) is 13.2 Å². The molecule has 2 fully saturated rings. The monoisotopic (exact) mass is 364 g/mol. The van der Waals surface area contributed by atoms with Crippen LogP contribution >= 0.6 is 0 Å². The largest absolute Gasteiger partial charge is 0.378 e. The molecule has 6 nitrogen and oxygen atoms in total. The zero-order valence-electron chi connectivity index (χ0n) is 14.1. The summed E-state index contributed by atoms with van der Waals surface area (Å²) >= 11 is 0. The van der Waals surface area contributed by atoms with E-state index in [2.05, 4.69) is 16.6 Å². The van der Waals surface area contributed by atoms with Gasteiger partial charge in [-0.05, 0) is 49.8 Å². The van der Waals surface area contributed by atoms with Crippen LogP contribution < -0.4 is 10.0 Å². The Morgan fingerprint density at radius 1 is 1.32 bits per heavy atom. The van der Waals surface area contributed by atoms with Crippen LogP contribution in [0.15, 0.2) is 41.8 Å². The second kappa shape index (κ2) is 7.68. The first kappa shape index (κ1) is 18.1. The average molecular weight is 364 g/mol. The van der Waals surface area contributed by atoms with E-state index in [4.69, 9.17) is 4.74 Å². The quantitative estimate of drug-likeness (QED) is 0.723. The van der Waals surface area contributed by atoms with Crippen LogP contribution in [0.3, 0.4) is 0 Å². The molecule has 1 aromatic rings. The van der Waals surface area contributed by atoms with Crippen LogP contribution in [-0.2, 0) is 14.8 Å². The fraction of sp³-hybridized carbons (Fsp3) is 0.500. The molecule has 1 aromatic carbocycles. The number of benzene rings is 1. The minimum atomic E-state index is -3.64. The number of rotatable bonds is 7. The fourth-order valence-electron chi connectivity index (χ4n) is 3.08. The summed E-state index contributed by atoms with van der Waals surface area (Å²) in [7, 11) is -3.64. The van der Waals surface area contributed by atoms with Crippen molar-refractivity contribution in [3.05, 3.63) is 42.5 Å². The predicted molar refractivity (Wildman–Crippen MR) is 94.8 cm³/mol. The van der Waals surface area contributed by atoms with Gasteiger partial charge in [0.25, 0.3) is 5.91 Å². The first-order valence-electron chi connectivity index (χ1n) is 8.62. The third-order valence-corrected chi connectivity index (χ3v) is 6.04. The van der Waals surface area contributed by atoms with Crippen molar-refractivity contribution in [3.63, 3.8) is 0 Å². The van der Waals surface area contributed by atoms with Gasteiger partial charge >= 0.3 is 0 Å². The molecule has 7 heteroatoms. The Labute approximate surface area is 148 Å². The first-order chi connectivity index (χ1) is 12.0. The molecular formula is C18H24N2O4S. The minimum absolute atomic E-state index is 0.0739. The van der Waals surface area contributed by atoms with Gasteiger partial charge in [-0.15, -0.1) is 6.58 Å². The van der Waals surface area contributed by atoms with Crippen molar-refractivity contribution in [1.29, 1.82) is 0 Å². The average Bonchev–Trinajstić information content (AvgIpc) is 3.45. The molecule has 3 rings (SSSR count). The van der Waals surface area contributed by atoms with Crippen molar-refractivity contribution in [2.75, 3.05) is 13.2 Å². The smallest absolute Gasteiger partial charge is 0.251 e. The van der Waals surface area contributed by atoms with Crippen molar-refractivity contribution in [2.45, 2.75) is 42.7 Å². The normalized spacial score (nSPS) is 23.8. The second-order valence-corrected chi connectivity index (χ2v) is 8.38. The molecule has 2 aliphatic rings. The summed E-state index contributed by atoms with van der Waals surface area (Å²) in [5.41, 5.74) is 0.343. The van der Waals surface area contributed by atoms with Crippen molar-refractivity contribution in [3.8, 4) is 0 Å². The number of nitrogens with one attached hydrogen (secondary N) is 2. The summed E-state index contributed by atoms with van der Waals surface area (Å²) in [6.07, 6.45) is 5.75. The lowest BCUT2D eigenvalue weighted by Gasteiger charge is -2.30. The van der Waals surface area contributed by atoms with Crippen LogP contribution in [0.2, 0.25) is 0 Å². The minimum Gasteiger partial charge on any atom is -0.378 e. The van der Waals surface area contributed by atoms with Gasteiger partial charge in [-0.2, -0.15) is 0 Å². The van der Waals surface area contributed by atoms with Crippen LogP contribution in [0.4, 0.5) is 0 Å². The topological polar surface area (TPSA) is 84.5 Å². The molecule has 1 aliphatic heterocycles. The first-order valence-corrected chi connectivity index (χ1v) is 10.1. The number of carbonyl (C=O) groups is 1. The van der Waals surface area contributed by atoms with Crippen LogP contribution in [0.1, 0.15) is 36.0 Å². The van der Waals surface area contributed by atoms with E-state index in [1.165, 1.54) is 31.1 Å². The summed E-state index contributed by atoms with van der Waals surface area (Å²) < 4.78 is 32.5. The zero-order chi connectivity index (χ0) is 17.9. The molecule has 1 saturated heterocycles. The lowest BCUT2D eigenvalue weighted by Crippen LogP contribution is -2.42. The molecule has 0 bridgehead atoms. The Morgan fingerprint density at radius 2 is 2.12 bits per heavy atom. The van der Waals surface area contributed by atoms with Gasteiger partial charge in [-0.1, -0.05) is 12.1 Å². The molecule has 2 N–H and O–H groups in total. The number of hydrogen-bond donors (Lipinski definition) is 2. The molecule has 0 radical (unpaired) electrons. The Balaban J connectivity index is 1.65. The van der Waals surface area contributed by atoms with Crippen LogP contribution in [0.25, 0.3) is 0 Å². The maximum absolute atomic E-state index is 12.5. The summed E-state index contributed by atoms with van der Waals surface area (Å²) in [6, 6.07) is 6.15. The van der Waals surface area contributed by atoms with E-state index in [1.54, 1.807) is 12.1 Å². The Hall–Kier alpha value is -1.70. The van der Waals surface area contributed by atoms with E-state index in [1.807, 2.05) is 0 Å². The van der Waals surface area contributed by atoms with E-state index in [0.29, 0.717) is 18.1 Å². The number of ether oxygens (including phenoxy) is 1. The maximum atomic E-state index is 12.5. The van der Waals surface area contributed by atoms with E-state index in [-0.39, 0.29) is 29.5 Å². The van der Waals surface area contributed by atoms with Crippen LogP contribution in [-0.4, -0.2) is 39.6 Å². The highest BCUT2D eigenvalue weighted by Crippen LogP contribution is 2.38. The predicted octanol–water partition coefficient (Wildman–Crippen LogP) is 1.84. The standard InChI is InChI=1S/C18H24N2O4S/c1-2-9-19-25(22,23)16-5-3-4-14(11-16)18(21)20-15-8-10-24-17(12-15)13-6-7-13/h2-5,11,13,15,17,19H,1,6-10,12H2,(H,20,21)/t15-,17-/m0/s1. The molecule has 0 unspecified atom stereocenters. The molecule has 25 heavy (non-hydrogen) atoms. The Kier molecular flexibility index (Phi) is 5.56. The second-order valence-electron chi connectivity index (χ2n) is 6.61. The van der Waals surface area contributed by atoms with Gasteiger partial charge in [0, 0.05) is 24.8 Å². The summed E-state index contributed by atoms with van der Waals surface area (Å²) in [6.45, 7) is 4.29. The third-order valence-electron chi connectivity index (χ3n) is 4.62. The van der Waals surface area contributed by atoms with E-state index >= 15 is 0 Å². The lowest BCUT2D eigenvalue weighted by atomic mass is 9.99. The Morgan fingerprint density at radius 3 is 2.84 bits per heavy atom. The van der Waals surface area contributed by atoms with Crippen molar-refractivity contribution in [1.82, 2.24) is 10.0 Å². The Bertz CT molecular complexity index is 743. The molecule has 1 aliphatic carbocycles. The number of sulfonamides is 1. The van der Waals surface area contributed by atoms with Gasteiger partial charge in [0.1, 0.15) is 0 Å². The molecule has 1 saturated carbocycles. The highest BCUT2D eigenvalue weighted by molar-refractivity contribution is 7.89. The highest BCUT2D eigenvalue weighted by atomic mass is 32.2. The van der Waals surface area contributed by atoms with Gasteiger partial charge in [-0.3, -0.25) is 4.79 Å². The number of hydrogen-bond acceptors (Lipinski definition) is 4. The SMILES string of the molecule is C=CCNS(=O)(=O)c1cccc(C(=O)N[C@H]2CCO[C@H](C3CC3)C2)c1. The molecular weight excluding hydrogens is 340 g/mol. The molecule has 1 heterocycles. The fourth-order valence-corrected chi connectivity index (χ4v) is 4.12. The van der Waals surface area contributed by atoms with Gasteiger partial charge in [0.05, 0.1) is 11.0 Å². The summed E-state index contributed by atoms with van der Waals surface area (Å²) in [5, 5.41) is 3.02. The summed E-state index contributed by atoms with van der Waals surface area (Å²) in [4.78, 5) is 12.6. The highest BCUT2D eigenvalue weighted by Gasteiger charge is 2.36. The van der Waals surface area contributed by atoms with Crippen LogP contribution in [0, 0.1) is 5.92 Å².